The highest BCUT2D eigenvalue weighted by atomic mass is 19.1. The van der Waals surface area contributed by atoms with Gasteiger partial charge in [-0.2, -0.15) is 0 Å². The molecule has 0 saturated heterocycles. The Morgan fingerprint density at radius 1 is 1.22 bits per heavy atom. The normalized spacial score (nSPS) is 14.1. The molecule has 0 bridgehead atoms. The molecule has 1 amide bonds. The van der Waals surface area contributed by atoms with Gasteiger partial charge in [0.1, 0.15) is 5.82 Å². The second-order valence-corrected chi connectivity index (χ2v) is 6.26. The third kappa shape index (κ3) is 3.59. The van der Waals surface area contributed by atoms with Crippen molar-refractivity contribution in [2.24, 2.45) is 0 Å². The van der Waals surface area contributed by atoms with E-state index in [0.29, 0.717) is 23.8 Å². The summed E-state index contributed by atoms with van der Waals surface area (Å²) in [5, 5.41) is 2.76. The van der Waals surface area contributed by atoms with E-state index in [-0.39, 0.29) is 11.7 Å². The lowest BCUT2D eigenvalue weighted by Crippen LogP contribution is -2.38. The van der Waals surface area contributed by atoms with Gasteiger partial charge in [0, 0.05) is 11.7 Å². The van der Waals surface area contributed by atoms with E-state index in [4.69, 9.17) is 0 Å². The summed E-state index contributed by atoms with van der Waals surface area (Å²) in [5.74, 6) is -0.422. The number of hydrogen-bond acceptors (Lipinski definition) is 2. The van der Waals surface area contributed by atoms with Gasteiger partial charge >= 0.3 is 0 Å². The molecule has 0 atom stereocenters. The number of amides is 1. The molecule has 0 unspecified atom stereocenters. The Balaban J connectivity index is 1.57. The zero-order valence-electron chi connectivity index (χ0n) is 13.5. The minimum atomic E-state index is -0.303. The summed E-state index contributed by atoms with van der Waals surface area (Å²) >= 11 is 0. The number of nitrogens with zero attached hydrogens (tertiary/aromatic N) is 1. The van der Waals surface area contributed by atoms with Crippen LogP contribution in [0.3, 0.4) is 0 Å². The topological polar surface area (TPSA) is 32.3 Å². The van der Waals surface area contributed by atoms with E-state index >= 15 is 0 Å². The van der Waals surface area contributed by atoms with Crippen LogP contribution in [0.15, 0.2) is 42.5 Å². The molecule has 0 saturated carbocycles. The molecule has 3 nitrogen and oxygen atoms in total. The fourth-order valence-corrected chi connectivity index (χ4v) is 3.07. The minimum absolute atomic E-state index is 0.119. The van der Waals surface area contributed by atoms with Gasteiger partial charge in [0.2, 0.25) is 5.91 Å². The van der Waals surface area contributed by atoms with Crippen molar-refractivity contribution >= 4 is 11.6 Å². The zero-order chi connectivity index (χ0) is 16.4. The molecule has 1 aliphatic rings. The molecule has 2 aromatic rings. The van der Waals surface area contributed by atoms with Crippen molar-refractivity contribution in [3.8, 4) is 0 Å². The summed E-state index contributed by atoms with van der Waals surface area (Å²) in [6.45, 7) is 2.00. The van der Waals surface area contributed by atoms with Crippen LogP contribution in [0.1, 0.15) is 16.7 Å². The lowest BCUT2D eigenvalue weighted by Gasteiger charge is -2.23. The fourth-order valence-electron chi connectivity index (χ4n) is 3.07. The van der Waals surface area contributed by atoms with Gasteiger partial charge in [-0.15, -0.1) is 0 Å². The molecule has 3 rings (SSSR count). The Bertz CT molecular complexity index is 704. The maximum atomic E-state index is 13.5. The SMILES string of the molecule is Cc1ccc(NC(=O)CN(C)C2Cc3ccccc3C2)cc1F. The van der Waals surface area contributed by atoms with Gasteiger partial charge in [-0.25, -0.2) is 4.39 Å². The summed E-state index contributed by atoms with van der Waals surface area (Å²) in [5.41, 5.74) is 3.81. The number of rotatable bonds is 4. The number of aryl methyl sites for hydroxylation is 1. The lowest BCUT2D eigenvalue weighted by molar-refractivity contribution is -0.117. The number of anilines is 1. The Hall–Kier alpha value is -2.20. The summed E-state index contributed by atoms with van der Waals surface area (Å²) in [6.07, 6.45) is 1.94. The first-order valence-electron chi connectivity index (χ1n) is 7.86. The summed E-state index contributed by atoms with van der Waals surface area (Å²) in [7, 11) is 1.96. The number of carbonyl (C=O) groups excluding carboxylic acids is 1. The highest BCUT2D eigenvalue weighted by molar-refractivity contribution is 5.92. The monoisotopic (exact) mass is 312 g/mol. The van der Waals surface area contributed by atoms with Crippen molar-refractivity contribution in [2.75, 3.05) is 18.9 Å². The molecular formula is C19H21FN2O. The highest BCUT2D eigenvalue weighted by Crippen LogP contribution is 2.24. The number of benzene rings is 2. The number of likely N-dealkylation sites (N-methyl/N-ethyl adjacent to an activating group) is 1. The molecule has 120 valence electrons. The standard InChI is InChI=1S/C19H21FN2O/c1-13-7-8-16(11-18(13)20)21-19(23)12-22(2)17-9-14-5-3-4-6-15(14)10-17/h3-8,11,17H,9-10,12H2,1-2H3,(H,21,23). The van der Waals surface area contributed by atoms with E-state index in [9.17, 15) is 9.18 Å². The fraction of sp³-hybridized carbons (Fsp3) is 0.316. The summed E-state index contributed by atoms with van der Waals surface area (Å²) in [6, 6.07) is 13.5. The van der Waals surface area contributed by atoms with Crippen LogP contribution in [0.4, 0.5) is 10.1 Å². The molecule has 1 N–H and O–H groups in total. The minimum Gasteiger partial charge on any atom is -0.325 e. The maximum absolute atomic E-state index is 13.5. The van der Waals surface area contributed by atoms with Crippen LogP contribution < -0.4 is 5.32 Å². The predicted octanol–water partition coefficient (Wildman–Crippen LogP) is 3.17. The van der Waals surface area contributed by atoms with Crippen LogP contribution in [0, 0.1) is 12.7 Å². The van der Waals surface area contributed by atoms with Gasteiger partial charge in [0.05, 0.1) is 6.54 Å². The molecule has 1 aliphatic carbocycles. The molecular weight excluding hydrogens is 291 g/mol. The quantitative estimate of drug-likeness (QED) is 0.940. The van der Waals surface area contributed by atoms with Crippen molar-refractivity contribution < 1.29 is 9.18 Å². The average Bonchev–Trinajstić information content (AvgIpc) is 2.95. The van der Waals surface area contributed by atoms with Crippen molar-refractivity contribution in [2.45, 2.75) is 25.8 Å². The largest absolute Gasteiger partial charge is 0.325 e. The van der Waals surface area contributed by atoms with Gasteiger partial charge in [0.25, 0.3) is 0 Å². The second kappa shape index (κ2) is 6.50. The van der Waals surface area contributed by atoms with Crippen molar-refractivity contribution in [3.63, 3.8) is 0 Å². The van der Waals surface area contributed by atoms with Crippen molar-refractivity contribution in [3.05, 3.63) is 65.0 Å². The van der Waals surface area contributed by atoms with Gasteiger partial charge < -0.3 is 5.32 Å². The van der Waals surface area contributed by atoms with Gasteiger partial charge in [0.15, 0.2) is 0 Å². The van der Waals surface area contributed by atoms with E-state index in [0.717, 1.165) is 12.8 Å². The van der Waals surface area contributed by atoms with E-state index < -0.39 is 0 Å². The summed E-state index contributed by atoms with van der Waals surface area (Å²) < 4.78 is 13.5. The molecule has 0 heterocycles. The number of carbonyl (C=O) groups is 1. The summed E-state index contributed by atoms with van der Waals surface area (Å²) in [4.78, 5) is 14.2. The third-order valence-corrected chi connectivity index (χ3v) is 4.50. The first-order valence-corrected chi connectivity index (χ1v) is 7.86. The van der Waals surface area contributed by atoms with Crippen molar-refractivity contribution in [1.29, 1.82) is 0 Å². The Labute approximate surface area is 136 Å². The van der Waals surface area contributed by atoms with Crippen molar-refractivity contribution in [1.82, 2.24) is 4.90 Å². The Kier molecular flexibility index (Phi) is 4.44. The first kappa shape index (κ1) is 15.7. The number of nitrogens with one attached hydrogen (secondary N) is 1. The third-order valence-electron chi connectivity index (χ3n) is 4.50. The molecule has 0 aromatic heterocycles. The number of halogens is 1. The highest BCUT2D eigenvalue weighted by Gasteiger charge is 2.25. The molecule has 0 radical (unpaired) electrons. The lowest BCUT2D eigenvalue weighted by atomic mass is 10.1. The Morgan fingerprint density at radius 3 is 2.48 bits per heavy atom. The van der Waals surface area contributed by atoms with E-state index in [1.165, 1.54) is 17.2 Å². The average molecular weight is 312 g/mol. The Morgan fingerprint density at radius 2 is 1.87 bits per heavy atom. The molecule has 4 heteroatoms. The molecule has 0 fully saturated rings. The molecule has 2 aromatic carbocycles. The van der Waals surface area contributed by atoms with Gasteiger partial charge in [-0.05, 0) is 55.6 Å². The van der Waals surface area contributed by atoms with Gasteiger partial charge in [-0.3, -0.25) is 9.69 Å². The maximum Gasteiger partial charge on any atom is 0.238 e. The van der Waals surface area contributed by atoms with Crippen LogP contribution in [0.5, 0.6) is 0 Å². The first-order chi connectivity index (χ1) is 11.0. The molecule has 0 aliphatic heterocycles. The van der Waals surface area contributed by atoms with Crippen LogP contribution in [-0.4, -0.2) is 30.4 Å². The predicted molar refractivity (Wildman–Crippen MR) is 90.0 cm³/mol. The number of hydrogen-bond donors (Lipinski definition) is 1. The zero-order valence-corrected chi connectivity index (χ0v) is 13.5. The number of fused-ring (bicyclic) bond motifs is 1. The van der Waals surface area contributed by atoms with Crippen LogP contribution in [-0.2, 0) is 17.6 Å². The van der Waals surface area contributed by atoms with E-state index in [2.05, 4.69) is 34.5 Å². The smallest absolute Gasteiger partial charge is 0.238 e. The van der Waals surface area contributed by atoms with E-state index in [1.54, 1.807) is 19.1 Å². The molecule has 23 heavy (non-hydrogen) atoms. The van der Waals surface area contributed by atoms with Gasteiger partial charge in [-0.1, -0.05) is 30.3 Å². The van der Waals surface area contributed by atoms with Crippen LogP contribution >= 0.6 is 0 Å². The molecule has 0 spiro atoms. The van der Waals surface area contributed by atoms with E-state index in [1.807, 2.05) is 7.05 Å². The van der Waals surface area contributed by atoms with Crippen LogP contribution in [0.25, 0.3) is 0 Å². The second-order valence-electron chi connectivity index (χ2n) is 6.26. The van der Waals surface area contributed by atoms with Crippen LogP contribution in [0.2, 0.25) is 0 Å².